The lowest BCUT2D eigenvalue weighted by Gasteiger charge is -2.39. The van der Waals surface area contributed by atoms with Gasteiger partial charge in [-0.05, 0) is 20.8 Å². The zero-order valence-corrected chi connectivity index (χ0v) is 11.4. The first-order valence-corrected chi connectivity index (χ1v) is 6.23. The largest absolute Gasteiger partial charge is 0.444 e. The average molecular weight is 281 g/mol. The summed E-state index contributed by atoms with van der Waals surface area (Å²) in [4.78, 5) is 13.2. The van der Waals surface area contributed by atoms with Crippen LogP contribution in [-0.4, -0.2) is 60.0 Å². The van der Waals surface area contributed by atoms with Crippen molar-refractivity contribution in [2.24, 2.45) is 0 Å². The van der Waals surface area contributed by atoms with Gasteiger partial charge in [-0.3, -0.25) is 4.90 Å². The monoisotopic (exact) mass is 281 g/mol. The number of alkyl halides is 2. The highest BCUT2D eigenvalue weighted by molar-refractivity contribution is 5.68. The molecule has 1 saturated heterocycles. The van der Waals surface area contributed by atoms with Gasteiger partial charge in [0, 0.05) is 6.42 Å². The number of amides is 1. The second-order valence-electron chi connectivity index (χ2n) is 5.55. The molecule has 0 unspecified atom stereocenters. The van der Waals surface area contributed by atoms with Crippen molar-refractivity contribution in [3.63, 3.8) is 0 Å². The number of hydrogen-bond acceptors (Lipinski definition) is 4. The van der Waals surface area contributed by atoms with Crippen molar-refractivity contribution in [2.45, 2.75) is 51.4 Å². The third-order valence-corrected chi connectivity index (χ3v) is 2.65. The number of ether oxygens (including phenoxy) is 2. The highest BCUT2D eigenvalue weighted by Gasteiger charge is 2.36. The van der Waals surface area contributed by atoms with Crippen molar-refractivity contribution in [3.05, 3.63) is 0 Å². The Labute approximate surface area is 111 Å². The summed E-state index contributed by atoms with van der Waals surface area (Å²) < 4.78 is 35.4. The molecule has 1 amide bonds. The summed E-state index contributed by atoms with van der Waals surface area (Å²) in [5.41, 5.74) is -0.695. The van der Waals surface area contributed by atoms with Gasteiger partial charge in [0.05, 0.1) is 31.9 Å². The number of rotatable bonds is 3. The van der Waals surface area contributed by atoms with E-state index in [4.69, 9.17) is 14.6 Å². The molecule has 0 radical (unpaired) electrons. The van der Waals surface area contributed by atoms with Gasteiger partial charge >= 0.3 is 6.09 Å². The van der Waals surface area contributed by atoms with Gasteiger partial charge in [-0.15, -0.1) is 0 Å². The van der Waals surface area contributed by atoms with Crippen molar-refractivity contribution < 1.29 is 28.2 Å². The van der Waals surface area contributed by atoms with Gasteiger partial charge in [0.2, 0.25) is 6.43 Å². The Bertz CT molecular complexity index is 307. The molecule has 19 heavy (non-hydrogen) atoms. The van der Waals surface area contributed by atoms with Crippen LogP contribution in [0, 0.1) is 0 Å². The predicted octanol–water partition coefficient (Wildman–Crippen LogP) is 1.64. The molecular weight excluding hydrogens is 260 g/mol. The summed E-state index contributed by atoms with van der Waals surface area (Å²) in [6.45, 7) is 4.89. The van der Waals surface area contributed by atoms with Crippen LogP contribution in [0.25, 0.3) is 0 Å². The van der Waals surface area contributed by atoms with Crippen molar-refractivity contribution >= 4 is 6.09 Å². The molecule has 0 bridgehead atoms. The van der Waals surface area contributed by atoms with Crippen LogP contribution in [0.2, 0.25) is 0 Å². The second-order valence-corrected chi connectivity index (χ2v) is 5.55. The van der Waals surface area contributed by atoms with Crippen molar-refractivity contribution in [1.29, 1.82) is 0 Å². The Morgan fingerprint density at radius 3 is 2.63 bits per heavy atom. The number of aliphatic hydroxyl groups is 1. The normalized spacial score (nSPS) is 24.7. The van der Waals surface area contributed by atoms with E-state index < -0.39 is 36.7 Å². The molecule has 2 atom stereocenters. The van der Waals surface area contributed by atoms with Crippen molar-refractivity contribution in [1.82, 2.24) is 4.90 Å². The Morgan fingerprint density at radius 2 is 2.16 bits per heavy atom. The quantitative estimate of drug-likeness (QED) is 0.854. The molecule has 0 aromatic rings. The highest BCUT2D eigenvalue weighted by atomic mass is 19.3. The van der Waals surface area contributed by atoms with Crippen molar-refractivity contribution in [3.8, 4) is 0 Å². The fraction of sp³-hybridized carbons (Fsp3) is 0.917. The van der Waals surface area contributed by atoms with Crippen LogP contribution >= 0.6 is 0 Å². The van der Waals surface area contributed by atoms with E-state index >= 15 is 0 Å². The SMILES string of the molecule is CC(C)(C)OC(=O)N1C[C@H](CO)OC[C@@H]1CC(F)F. The molecule has 1 aliphatic rings. The minimum atomic E-state index is -2.52. The fourth-order valence-corrected chi connectivity index (χ4v) is 1.81. The number of morpholine rings is 1. The molecule has 1 N–H and O–H groups in total. The Balaban J connectivity index is 2.72. The maximum atomic E-state index is 12.5. The van der Waals surface area contributed by atoms with Crippen LogP contribution in [0.5, 0.6) is 0 Å². The predicted molar refractivity (Wildman–Crippen MR) is 64.2 cm³/mol. The molecule has 0 saturated carbocycles. The summed E-state index contributed by atoms with van der Waals surface area (Å²) >= 11 is 0. The molecule has 7 heteroatoms. The van der Waals surface area contributed by atoms with Crippen LogP contribution < -0.4 is 0 Å². The second kappa shape index (κ2) is 6.47. The van der Waals surface area contributed by atoms with Gasteiger partial charge in [-0.2, -0.15) is 0 Å². The van der Waals surface area contributed by atoms with Gasteiger partial charge in [0.25, 0.3) is 0 Å². The summed E-state index contributed by atoms with van der Waals surface area (Å²) in [5, 5.41) is 9.04. The van der Waals surface area contributed by atoms with E-state index in [9.17, 15) is 13.6 Å². The average Bonchev–Trinajstić information content (AvgIpc) is 2.26. The molecular formula is C12H21F2NO4. The maximum Gasteiger partial charge on any atom is 0.410 e. The van der Waals surface area contributed by atoms with E-state index in [1.807, 2.05) is 0 Å². The number of aliphatic hydroxyl groups excluding tert-OH is 1. The van der Waals surface area contributed by atoms with E-state index in [1.165, 1.54) is 4.90 Å². The molecule has 5 nitrogen and oxygen atoms in total. The first kappa shape index (κ1) is 16.1. The van der Waals surface area contributed by atoms with Crippen molar-refractivity contribution in [2.75, 3.05) is 19.8 Å². The Morgan fingerprint density at radius 1 is 1.53 bits per heavy atom. The highest BCUT2D eigenvalue weighted by Crippen LogP contribution is 2.21. The number of nitrogens with zero attached hydrogens (tertiary/aromatic N) is 1. The summed E-state index contributed by atoms with van der Waals surface area (Å²) in [7, 11) is 0. The number of halogens is 2. The van der Waals surface area contributed by atoms with Crippen LogP contribution in [0.4, 0.5) is 13.6 Å². The summed E-state index contributed by atoms with van der Waals surface area (Å²) in [6.07, 6.45) is -4.19. The van der Waals surface area contributed by atoms with Crippen LogP contribution in [-0.2, 0) is 9.47 Å². The number of carbonyl (C=O) groups is 1. The van der Waals surface area contributed by atoms with Crippen LogP contribution in [0.15, 0.2) is 0 Å². The standard InChI is InChI=1S/C12H21F2NO4/c1-12(2,3)19-11(17)15-5-9(6-16)18-7-8(15)4-10(13)14/h8-10,16H,4-7H2,1-3H3/t8-,9+/m0/s1. The molecule has 1 aliphatic heterocycles. The van der Waals surface area contributed by atoms with Gasteiger partial charge in [0.1, 0.15) is 5.60 Å². The van der Waals surface area contributed by atoms with Gasteiger partial charge in [-0.25, -0.2) is 13.6 Å². The number of carbonyl (C=O) groups excluding carboxylic acids is 1. The zero-order valence-electron chi connectivity index (χ0n) is 11.4. The summed E-state index contributed by atoms with van der Waals surface area (Å²) in [6, 6.07) is -0.724. The third-order valence-electron chi connectivity index (χ3n) is 2.65. The third kappa shape index (κ3) is 5.28. The summed E-state index contributed by atoms with van der Waals surface area (Å²) in [5.74, 6) is 0. The lowest BCUT2D eigenvalue weighted by atomic mass is 10.1. The Hall–Kier alpha value is -0.950. The Kier molecular flexibility index (Phi) is 5.49. The van der Waals surface area contributed by atoms with Crippen LogP contribution in [0.3, 0.4) is 0 Å². The first-order chi connectivity index (χ1) is 8.73. The van der Waals surface area contributed by atoms with E-state index in [0.29, 0.717) is 0 Å². The molecule has 112 valence electrons. The molecule has 1 rings (SSSR count). The molecule has 0 aliphatic carbocycles. The smallest absolute Gasteiger partial charge is 0.410 e. The minimum absolute atomic E-state index is 0.0190. The van der Waals surface area contributed by atoms with E-state index in [0.717, 1.165) is 0 Å². The lowest BCUT2D eigenvalue weighted by molar-refractivity contribution is -0.0940. The van der Waals surface area contributed by atoms with Gasteiger partial charge < -0.3 is 14.6 Å². The molecule has 0 aromatic heterocycles. The number of hydrogen-bond donors (Lipinski definition) is 1. The molecule has 0 spiro atoms. The fourth-order valence-electron chi connectivity index (χ4n) is 1.81. The van der Waals surface area contributed by atoms with E-state index in [1.54, 1.807) is 20.8 Å². The topological polar surface area (TPSA) is 59.0 Å². The molecule has 0 aromatic carbocycles. The van der Waals surface area contributed by atoms with E-state index in [2.05, 4.69) is 0 Å². The lowest BCUT2D eigenvalue weighted by Crippen LogP contribution is -2.54. The minimum Gasteiger partial charge on any atom is -0.444 e. The first-order valence-electron chi connectivity index (χ1n) is 6.23. The van der Waals surface area contributed by atoms with E-state index in [-0.39, 0.29) is 19.8 Å². The van der Waals surface area contributed by atoms with Crippen LogP contribution in [0.1, 0.15) is 27.2 Å². The van der Waals surface area contributed by atoms with Gasteiger partial charge in [0.15, 0.2) is 0 Å². The molecule has 1 heterocycles. The van der Waals surface area contributed by atoms with Gasteiger partial charge in [-0.1, -0.05) is 0 Å². The maximum absolute atomic E-state index is 12.5. The zero-order chi connectivity index (χ0) is 14.6. The molecule has 1 fully saturated rings.